The Kier molecular flexibility index (Phi) is 6.50. The fraction of sp³-hybridized carbons (Fsp3) is 0.381. The predicted molar refractivity (Wildman–Crippen MR) is 101 cm³/mol. The fourth-order valence-corrected chi connectivity index (χ4v) is 3.19. The maximum absolute atomic E-state index is 12.5. The van der Waals surface area contributed by atoms with Gasteiger partial charge >= 0.3 is 0 Å². The summed E-state index contributed by atoms with van der Waals surface area (Å²) in [5.41, 5.74) is 1.31. The molecule has 0 spiro atoms. The Morgan fingerprint density at radius 1 is 0.923 bits per heavy atom. The number of carbonyl (C=O) groups is 1. The zero-order chi connectivity index (χ0) is 18.2. The van der Waals surface area contributed by atoms with E-state index in [0.29, 0.717) is 11.5 Å². The van der Waals surface area contributed by atoms with Crippen molar-refractivity contribution >= 4 is 5.91 Å². The third-order valence-corrected chi connectivity index (χ3v) is 4.61. The van der Waals surface area contributed by atoms with E-state index in [1.165, 1.54) is 5.56 Å². The first kappa shape index (κ1) is 18.3. The van der Waals surface area contributed by atoms with E-state index in [4.69, 9.17) is 9.47 Å². The van der Waals surface area contributed by atoms with Crippen LogP contribution in [0.4, 0.5) is 0 Å². The number of hydrogen-bond acceptors (Lipinski definition) is 4. The van der Waals surface area contributed by atoms with Crippen LogP contribution in [0.5, 0.6) is 11.5 Å². The summed E-state index contributed by atoms with van der Waals surface area (Å²) in [6.45, 7) is 4.38. The number of rotatable bonds is 6. The first-order valence-corrected chi connectivity index (χ1v) is 9.06. The summed E-state index contributed by atoms with van der Waals surface area (Å²) in [4.78, 5) is 16.8. The largest absolute Gasteiger partial charge is 0.493 e. The van der Waals surface area contributed by atoms with Crippen molar-refractivity contribution in [2.45, 2.75) is 13.0 Å². The lowest BCUT2D eigenvalue weighted by Crippen LogP contribution is -2.38. The quantitative estimate of drug-likeness (QED) is 0.800. The van der Waals surface area contributed by atoms with Crippen LogP contribution in [0.15, 0.2) is 54.6 Å². The lowest BCUT2D eigenvalue weighted by atomic mass is 10.2. The lowest BCUT2D eigenvalue weighted by molar-refractivity contribution is -0.133. The molecule has 0 unspecified atom stereocenters. The highest BCUT2D eigenvalue weighted by Gasteiger charge is 2.20. The standard InChI is InChI=1S/C21H26N2O3/c1-25-19-10-5-6-11-20(19)26-17-21(24)23-13-7-12-22(14-15-23)16-18-8-3-2-4-9-18/h2-6,8-11H,7,12-17H2,1H3. The summed E-state index contributed by atoms with van der Waals surface area (Å²) < 4.78 is 10.9. The van der Waals surface area contributed by atoms with Crippen LogP contribution in [0.25, 0.3) is 0 Å². The number of benzene rings is 2. The van der Waals surface area contributed by atoms with Crippen molar-refractivity contribution in [3.63, 3.8) is 0 Å². The van der Waals surface area contributed by atoms with Crippen molar-refractivity contribution in [2.24, 2.45) is 0 Å². The highest BCUT2D eigenvalue weighted by atomic mass is 16.5. The van der Waals surface area contributed by atoms with Gasteiger partial charge in [-0.15, -0.1) is 0 Å². The van der Waals surface area contributed by atoms with Crippen molar-refractivity contribution in [3.05, 3.63) is 60.2 Å². The second-order valence-electron chi connectivity index (χ2n) is 6.44. The SMILES string of the molecule is COc1ccccc1OCC(=O)N1CCCN(Cc2ccccc2)CC1. The van der Waals surface area contributed by atoms with E-state index in [0.717, 1.165) is 39.1 Å². The molecule has 0 saturated carbocycles. The number of methoxy groups -OCH3 is 1. The van der Waals surface area contributed by atoms with Gasteiger partial charge in [-0.3, -0.25) is 9.69 Å². The van der Waals surface area contributed by atoms with Crippen LogP contribution in [-0.2, 0) is 11.3 Å². The van der Waals surface area contributed by atoms with Crippen molar-refractivity contribution in [1.29, 1.82) is 0 Å². The third kappa shape index (κ3) is 4.99. The normalized spacial score (nSPS) is 15.3. The molecule has 1 aliphatic heterocycles. The number of nitrogens with zero attached hydrogens (tertiary/aromatic N) is 2. The molecule has 138 valence electrons. The molecule has 2 aromatic rings. The average molecular weight is 354 g/mol. The summed E-state index contributed by atoms with van der Waals surface area (Å²) >= 11 is 0. The highest BCUT2D eigenvalue weighted by molar-refractivity contribution is 5.77. The Bertz CT molecular complexity index is 705. The molecule has 5 heteroatoms. The molecule has 0 aromatic heterocycles. The molecule has 1 amide bonds. The van der Waals surface area contributed by atoms with Crippen LogP contribution in [0.1, 0.15) is 12.0 Å². The second kappa shape index (κ2) is 9.25. The molecular formula is C21H26N2O3. The van der Waals surface area contributed by atoms with Crippen LogP contribution >= 0.6 is 0 Å². The molecule has 1 aliphatic rings. The topological polar surface area (TPSA) is 42.0 Å². The van der Waals surface area contributed by atoms with Gasteiger partial charge in [-0.05, 0) is 24.1 Å². The van der Waals surface area contributed by atoms with E-state index in [2.05, 4.69) is 29.2 Å². The molecule has 1 fully saturated rings. The molecule has 5 nitrogen and oxygen atoms in total. The minimum atomic E-state index is 0.0254. The first-order valence-electron chi connectivity index (χ1n) is 9.06. The average Bonchev–Trinajstić information content (AvgIpc) is 2.93. The minimum Gasteiger partial charge on any atom is -0.493 e. The Labute approximate surface area is 155 Å². The molecular weight excluding hydrogens is 328 g/mol. The van der Waals surface area contributed by atoms with Crippen LogP contribution in [0, 0.1) is 0 Å². The Balaban J connectivity index is 1.49. The highest BCUT2D eigenvalue weighted by Crippen LogP contribution is 2.25. The molecule has 0 aliphatic carbocycles. The fourth-order valence-electron chi connectivity index (χ4n) is 3.19. The van der Waals surface area contributed by atoms with Gasteiger partial charge in [-0.25, -0.2) is 0 Å². The molecule has 0 bridgehead atoms. The van der Waals surface area contributed by atoms with Crippen LogP contribution in [0.3, 0.4) is 0 Å². The number of carbonyl (C=O) groups excluding carboxylic acids is 1. The smallest absolute Gasteiger partial charge is 0.260 e. The van der Waals surface area contributed by atoms with Gasteiger partial charge in [-0.2, -0.15) is 0 Å². The molecule has 26 heavy (non-hydrogen) atoms. The van der Waals surface area contributed by atoms with E-state index < -0.39 is 0 Å². The van der Waals surface area contributed by atoms with Crippen molar-refractivity contribution in [3.8, 4) is 11.5 Å². The van der Waals surface area contributed by atoms with Gasteiger partial charge < -0.3 is 14.4 Å². The third-order valence-electron chi connectivity index (χ3n) is 4.61. The second-order valence-corrected chi connectivity index (χ2v) is 6.44. The number of amides is 1. The maximum Gasteiger partial charge on any atom is 0.260 e. The number of para-hydroxylation sites is 2. The van der Waals surface area contributed by atoms with E-state index in [-0.39, 0.29) is 12.5 Å². The van der Waals surface area contributed by atoms with E-state index >= 15 is 0 Å². The Hall–Kier alpha value is -2.53. The van der Waals surface area contributed by atoms with Gasteiger partial charge in [0.1, 0.15) is 0 Å². The van der Waals surface area contributed by atoms with Crippen LogP contribution < -0.4 is 9.47 Å². The van der Waals surface area contributed by atoms with Gasteiger partial charge in [0.05, 0.1) is 7.11 Å². The minimum absolute atomic E-state index is 0.0254. The first-order chi connectivity index (χ1) is 12.8. The molecule has 0 radical (unpaired) electrons. The van der Waals surface area contributed by atoms with E-state index in [1.54, 1.807) is 7.11 Å². The predicted octanol–water partition coefficient (Wildman–Crippen LogP) is 2.81. The number of hydrogen-bond donors (Lipinski definition) is 0. The van der Waals surface area contributed by atoms with Crippen molar-refractivity contribution in [2.75, 3.05) is 39.9 Å². The maximum atomic E-state index is 12.5. The van der Waals surface area contributed by atoms with Gasteiger partial charge in [-0.1, -0.05) is 42.5 Å². The molecule has 2 aromatic carbocycles. The van der Waals surface area contributed by atoms with Crippen LogP contribution in [-0.4, -0.2) is 55.6 Å². The molecule has 0 N–H and O–H groups in total. The molecule has 0 atom stereocenters. The molecule has 1 saturated heterocycles. The van der Waals surface area contributed by atoms with Gasteiger partial charge in [0.15, 0.2) is 18.1 Å². The zero-order valence-electron chi connectivity index (χ0n) is 15.3. The van der Waals surface area contributed by atoms with Crippen molar-refractivity contribution in [1.82, 2.24) is 9.80 Å². The van der Waals surface area contributed by atoms with E-state index in [9.17, 15) is 4.79 Å². The summed E-state index contributed by atoms with van der Waals surface area (Å²) in [6, 6.07) is 17.9. The zero-order valence-corrected chi connectivity index (χ0v) is 15.3. The lowest BCUT2D eigenvalue weighted by Gasteiger charge is -2.22. The Morgan fingerprint density at radius 2 is 1.65 bits per heavy atom. The van der Waals surface area contributed by atoms with E-state index in [1.807, 2.05) is 35.2 Å². The number of ether oxygens (including phenoxy) is 2. The molecule has 1 heterocycles. The monoisotopic (exact) mass is 354 g/mol. The van der Waals surface area contributed by atoms with Gasteiger partial charge in [0.2, 0.25) is 0 Å². The molecule has 3 rings (SSSR count). The van der Waals surface area contributed by atoms with Gasteiger partial charge in [0, 0.05) is 32.7 Å². The van der Waals surface area contributed by atoms with Gasteiger partial charge in [0.25, 0.3) is 5.91 Å². The summed E-state index contributed by atoms with van der Waals surface area (Å²) in [7, 11) is 1.60. The summed E-state index contributed by atoms with van der Waals surface area (Å²) in [5.74, 6) is 1.27. The Morgan fingerprint density at radius 3 is 2.42 bits per heavy atom. The van der Waals surface area contributed by atoms with Crippen molar-refractivity contribution < 1.29 is 14.3 Å². The van der Waals surface area contributed by atoms with Crippen LogP contribution in [0.2, 0.25) is 0 Å². The summed E-state index contributed by atoms with van der Waals surface area (Å²) in [5, 5.41) is 0. The summed E-state index contributed by atoms with van der Waals surface area (Å²) in [6.07, 6.45) is 0.979.